The van der Waals surface area contributed by atoms with Gasteiger partial charge in [-0.15, -0.1) is 0 Å². The highest BCUT2D eigenvalue weighted by atomic mass is 16.3. The number of fused-ring (bicyclic) bond motifs is 1. The second-order valence-corrected chi connectivity index (χ2v) is 5.32. The van der Waals surface area contributed by atoms with Crippen LogP contribution in [-0.2, 0) is 4.79 Å². The van der Waals surface area contributed by atoms with Crippen LogP contribution in [0.4, 0.5) is 0 Å². The largest absolute Gasteiger partial charge is 0.451 e. The minimum Gasteiger partial charge on any atom is -0.451 e. The molecule has 3 rings (SSSR count). The van der Waals surface area contributed by atoms with E-state index in [1.807, 2.05) is 38.1 Å². The van der Waals surface area contributed by atoms with Crippen LogP contribution in [0.5, 0.6) is 0 Å². The lowest BCUT2D eigenvalue weighted by Gasteiger charge is -2.05. The van der Waals surface area contributed by atoms with Crippen molar-refractivity contribution in [3.05, 3.63) is 35.6 Å². The molecule has 0 unspecified atom stereocenters. The minimum atomic E-state index is -0.430. The molecule has 1 aliphatic carbocycles. The van der Waals surface area contributed by atoms with Crippen LogP contribution in [-0.4, -0.2) is 11.8 Å². The number of hydrazine groups is 1. The number of furan rings is 1. The SMILES string of the molecule is Cc1c(C(=O)NNC(=O)[C@@H]2C[C@H]2C)oc2ccccc12. The molecule has 2 amide bonds. The molecule has 0 aliphatic heterocycles. The van der Waals surface area contributed by atoms with Gasteiger partial charge in [-0.25, -0.2) is 0 Å². The lowest BCUT2D eigenvalue weighted by atomic mass is 10.1. The number of hydrogen-bond donors (Lipinski definition) is 2. The molecule has 0 radical (unpaired) electrons. The summed E-state index contributed by atoms with van der Waals surface area (Å²) in [4.78, 5) is 23.7. The number of para-hydroxylation sites is 1. The van der Waals surface area contributed by atoms with E-state index in [9.17, 15) is 9.59 Å². The van der Waals surface area contributed by atoms with Gasteiger partial charge in [-0.3, -0.25) is 20.4 Å². The van der Waals surface area contributed by atoms with Gasteiger partial charge in [0.2, 0.25) is 5.91 Å². The van der Waals surface area contributed by atoms with Crippen molar-refractivity contribution in [2.75, 3.05) is 0 Å². The third-order valence-corrected chi connectivity index (χ3v) is 3.80. The highest BCUT2D eigenvalue weighted by Gasteiger charge is 2.39. The summed E-state index contributed by atoms with van der Waals surface area (Å²) in [6, 6.07) is 7.45. The summed E-state index contributed by atoms with van der Waals surface area (Å²) in [5, 5.41) is 0.903. The van der Waals surface area contributed by atoms with Gasteiger partial charge < -0.3 is 4.42 Å². The van der Waals surface area contributed by atoms with Crippen molar-refractivity contribution < 1.29 is 14.0 Å². The van der Waals surface area contributed by atoms with Crippen molar-refractivity contribution in [3.63, 3.8) is 0 Å². The van der Waals surface area contributed by atoms with Gasteiger partial charge in [-0.2, -0.15) is 0 Å². The molecule has 2 N–H and O–H groups in total. The lowest BCUT2D eigenvalue weighted by Crippen LogP contribution is -2.42. The summed E-state index contributed by atoms with van der Waals surface area (Å²) in [6.07, 6.45) is 0.880. The van der Waals surface area contributed by atoms with Gasteiger partial charge in [-0.1, -0.05) is 25.1 Å². The predicted octanol–water partition coefficient (Wildman–Crippen LogP) is 2.16. The molecule has 1 aromatic carbocycles. The second-order valence-electron chi connectivity index (χ2n) is 5.32. The third kappa shape index (κ3) is 2.15. The standard InChI is InChI=1S/C15H16N2O3/c1-8-7-11(8)14(18)16-17-15(19)13-9(2)10-5-3-4-6-12(10)20-13/h3-6,8,11H,7H2,1-2H3,(H,16,18)(H,17,19)/t8-,11-/m1/s1. The van der Waals surface area contributed by atoms with E-state index in [1.54, 1.807) is 0 Å². The molecule has 104 valence electrons. The monoisotopic (exact) mass is 272 g/mol. The summed E-state index contributed by atoms with van der Waals surface area (Å²) in [5.41, 5.74) is 6.29. The van der Waals surface area contributed by atoms with E-state index >= 15 is 0 Å². The van der Waals surface area contributed by atoms with E-state index in [0.29, 0.717) is 11.5 Å². The first kappa shape index (κ1) is 12.7. The molecule has 1 fully saturated rings. The van der Waals surface area contributed by atoms with Gasteiger partial charge >= 0.3 is 5.91 Å². The third-order valence-electron chi connectivity index (χ3n) is 3.80. The van der Waals surface area contributed by atoms with Crippen LogP contribution in [0.2, 0.25) is 0 Å². The fraction of sp³-hybridized carbons (Fsp3) is 0.333. The van der Waals surface area contributed by atoms with Crippen LogP contribution >= 0.6 is 0 Å². The van der Waals surface area contributed by atoms with Crippen molar-refractivity contribution in [1.82, 2.24) is 10.9 Å². The van der Waals surface area contributed by atoms with Crippen molar-refractivity contribution in [3.8, 4) is 0 Å². The smallest absolute Gasteiger partial charge is 0.305 e. The average molecular weight is 272 g/mol. The number of nitrogens with one attached hydrogen (secondary N) is 2. The number of benzene rings is 1. The van der Waals surface area contributed by atoms with Gasteiger partial charge in [-0.05, 0) is 25.3 Å². The van der Waals surface area contributed by atoms with Crippen LogP contribution in [0.1, 0.15) is 29.5 Å². The average Bonchev–Trinajstić information content (AvgIpc) is 3.09. The molecule has 0 bridgehead atoms. The van der Waals surface area contributed by atoms with Gasteiger partial charge in [0, 0.05) is 16.9 Å². The number of rotatable bonds is 2. The van der Waals surface area contributed by atoms with Crippen molar-refractivity contribution >= 4 is 22.8 Å². The first-order valence-corrected chi connectivity index (χ1v) is 6.66. The zero-order valence-corrected chi connectivity index (χ0v) is 11.4. The van der Waals surface area contributed by atoms with Crippen LogP contribution in [0.15, 0.2) is 28.7 Å². The Morgan fingerprint density at radius 1 is 1.25 bits per heavy atom. The van der Waals surface area contributed by atoms with Crippen molar-refractivity contribution in [1.29, 1.82) is 0 Å². The lowest BCUT2D eigenvalue weighted by molar-refractivity contribution is -0.123. The summed E-state index contributed by atoms with van der Waals surface area (Å²) < 4.78 is 5.53. The van der Waals surface area contributed by atoms with Crippen LogP contribution in [0.3, 0.4) is 0 Å². The molecule has 1 saturated carbocycles. The number of amides is 2. The molecule has 0 spiro atoms. The van der Waals surface area contributed by atoms with E-state index in [0.717, 1.165) is 17.4 Å². The minimum absolute atomic E-state index is 0.0204. The Balaban J connectivity index is 1.72. The summed E-state index contributed by atoms with van der Waals surface area (Å²) in [5.74, 6) is 0.0854. The summed E-state index contributed by atoms with van der Waals surface area (Å²) >= 11 is 0. The normalized spacial score (nSPS) is 20.7. The van der Waals surface area contributed by atoms with E-state index in [1.165, 1.54) is 0 Å². The molecule has 5 nitrogen and oxygen atoms in total. The molecule has 0 saturated heterocycles. The molecule has 1 aromatic heterocycles. The van der Waals surface area contributed by atoms with Crippen molar-refractivity contribution in [2.45, 2.75) is 20.3 Å². The molecular weight excluding hydrogens is 256 g/mol. The molecule has 2 atom stereocenters. The topological polar surface area (TPSA) is 71.3 Å². The van der Waals surface area contributed by atoms with Gasteiger partial charge in [0.1, 0.15) is 5.58 Å². The maximum atomic E-state index is 12.0. The zero-order valence-electron chi connectivity index (χ0n) is 11.4. The molecular formula is C15H16N2O3. The number of hydrogen-bond acceptors (Lipinski definition) is 3. The first-order chi connectivity index (χ1) is 9.58. The maximum Gasteiger partial charge on any atom is 0.305 e. The Morgan fingerprint density at radius 2 is 1.95 bits per heavy atom. The van der Waals surface area contributed by atoms with E-state index < -0.39 is 5.91 Å². The van der Waals surface area contributed by atoms with Gasteiger partial charge in [0.05, 0.1) is 0 Å². The molecule has 20 heavy (non-hydrogen) atoms. The van der Waals surface area contributed by atoms with Crippen LogP contribution < -0.4 is 10.9 Å². The van der Waals surface area contributed by atoms with E-state index in [2.05, 4.69) is 10.9 Å². The Labute approximate surface area is 116 Å². The Bertz CT molecular complexity index is 689. The highest BCUT2D eigenvalue weighted by Crippen LogP contribution is 2.37. The first-order valence-electron chi connectivity index (χ1n) is 6.66. The quantitative estimate of drug-likeness (QED) is 0.823. The van der Waals surface area contributed by atoms with E-state index in [-0.39, 0.29) is 17.6 Å². The fourth-order valence-corrected chi connectivity index (χ4v) is 2.35. The van der Waals surface area contributed by atoms with Gasteiger partial charge in [0.25, 0.3) is 0 Å². The maximum absolute atomic E-state index is 12.0. The number of carbonyl (C=O) groups is 2. The Morgan fingerprint density at radius 3 is 2.60 bits per heavy atom. The fourth-order valence-electron chi connectivity index (χ4n) is 2.35. The Kier molecular flexibility index (Phi) is 2.97. The predicted molar refractivity (Wildman–Crippen MR) is 73.8 cm³/mol. The molecule has 1 heterocycles. The second kappa shape index (κ2) is 4.67. The van der Waals surface area contributed by atoms with Gasteiger partial charge in [0.15, 0.2) is 5.76 Å². The van der Waals surface area contributed by atoms with Crippen LogP contribution in [0.25, 0.3) is 11.0 Å². The summed E-state index contributed by atoms with van der Waals surface area (Å²) in [6.45, 7) is 3.83. The Hall–Kier alpha value is -2.30. The zero-order chi connectivity index (χ0) is 14.3. The van der Waals surface area contributed by atoms with Crippen molar-refractivity contribution in [2.24, 2.45) is 11.8 Å². The number of aryl methyl sites for hydroxylation is 1. The molecule has 5 heteroatoms. The van der Waals surface area contributed by atoms with Crippen LogP contribution in [0, 0.1) is 18.8 Å². The molecule has 2 aromatic rings. The molecule has 1 aliphatic rings. The number of carbonyl (C=O) groups excluding carboxylic acids is 2. The van der Waals surface area contributed by atoms with E-state index in [4.69, 9.17) is 4.42 Å². The highest BCUT2D eigenvalue weighted by molar-refractivity contribution is 5.99. The summed E-state index contributed by atoms with van der Waals surface area (Å²) in [7, 11) is 0.